The van der Waals surface area contributed by atoms with Crippen LogP contribution in [0.25, 0.3) is 11.1 Å². The highest BCUT2D eigenvalue weighted by atomic mass is 16.5. The number of amides is 2. The normalized spacial score (nSPS) is 13.0. The van der Waals surface area contributed by atoms with Gasteiger partial charge in [-0.2, -0.15) is 5.10 Å². The van der Waals surface area contributed by atoms with Crippen LogP contribution in [0.5, 0.6) is 0 Å². The average molecular weight is 477 g/mol. The van der Waals surface area contributed by atoms with Gasteiger partial charge in [0.1, 0.15) is 12.3 Å². The van der Waals surface area contributed by atoms with E-state index in [1.807, 2.05) is 24.3 Å². The lowest BCUT2D eigenvalue weighted by molar-refractivity contribution is -0.137. The van der Waals surface area contributed by atoms with Gasteiger partial charge in [-0.1, -0.05) is 55.5 Å². The van der Waals surface area contributed by atoms with E-state index < -0.39 is 24.0 Å². The second-order valence-corrected chi connectivity index (χ2v) is 8.50. The molecule has 0 unspecified atom stereocenters. The Hall–Kier alpha value is -4.14. The van der Waals surface area contributed by atoms with Crippen molar-refractivity contribution in [2.75, 3.05) is 6.61 Å². The molecule has 0 bridgehead atoms. The molecule has 0 saturated heterocycles. The van der Waals surface area contributed by atoms with Crippen LogP contribution in [-0.4, -0.2) is 45.5 Å². The Labute approximate surface area is 203 Å². The summed E-state index contributed by atoms with van der Waals surface area (Å²) < 4.78 is 6.95. The summed E-state index contributed by atoms with van der Waals surface area (Å²) in [5, 5.41) is 18.6. The fraction of sp³-hybridized carbons (Fsp3) is 0.308. The van der Waals surface area contributed by atoms with Crippen LogP contribution in [0.15, 0.2) is 54.7 Å². The van der Waals surface area contributed by atoms with Gasteiger partial charge in [0.2, 0.25) is 0 Å². The molecule has 0 fully saturated rings. The van der Waals surface area contributed by atoms with Crippen LogP contribution in [0.1, 0.15) is 52.9 Å². The van der Waals surface area contributed by atoms with Crippen molar-refractivity contribution in [2.45, 2.75) is 38.3 Å². The molecule has 0 radical (unpaired) electrons. The first-order chi connectivity index (χ1) is 16.9. The van der Waals surface area contributed by atoms with Gasteiger partial charge in [-0.05, 0) is 28.7 Å². The Morgan fingerprint density at radius 3 is 2.31 bits per heavy atom. The number of rotatable bonds is 9. The molecule has 1 aliphatic rings. The molecule has 1 heterocycles. The number of ether oxygens (including phenoxy) is 1. The number of aromatic nitrogens is 2. The Morgan fingerprint density at radius 2 is 1.71 bits per heavy atom. The lowest BCUT2D eigenvalue weighted by Crippen LogP contribution is -2.37. The van der Waals surface area contributed by atoms with Gasteiger partial charge in [0, 0.05) is 24.6 Å². The highest BCUT2D eigenvalue weighted by molar-refractivity contribution is 5.94. The minimum absolute atomic E-state index is 0.0446. The number of aryl methyl sites for hydroxylation is 1. The van der Waals surface area contributed by atoms with Gasteiger partial charge in [-0.15, -0.1) is 0 Å². The predicted octanol–water partition coefficient (Wildman–Crippen LogP) is 3.44. The van der Waals surface area contributed by atoms with Gasteiger partial charge in [-0.3, -0.25) is 14.3 Å². The van der Waals surface area contributed by atoms with Crippen molar-refractivity contribution in [3.8, 4) is 11.1 Å². The number of hydrogen-bond donors (Lipinski definition) is 3. The van der Waals surface area contributed by atoms with E-state index in [-0.39, 0.29) is 31.2 Å². The molecule has 3 N–H and O–H groups in total. The van der Waals surface area contributed by atoms with Crippen LogP contribution in [0, 0.1) is 0 Å². The maximum atomic E-state index is 12.8. The number of carboxylic acid groups (broad SMARTS) is 1. The molecule has 0 spiro atoms. The molecule has 2 aromatic carbocycles. The molecule has 0 saturated carbocycles. The number of nitrogens with zero attached hydrogens (tertiary/aromatic N) is 2. The fourth-order valence-corrected chi connectivity index (χ4v) is 4.48. The van der Waals surface area contributed by atoms with E-state index in [0.717, 1.165) is 22.3 Å². The Morgan fingerprint density at radius 1 is 1.09 bits per heavy atom. The van der Waals surface area contributed by atoms with Gasteiger partial charge >= 0.3 is 12.1 Å². The molecule has 9 nitrogen and oxygen atoms in total. The van der Waals surface area contributed by atoms with Crippen LogP contribution in [0.4, 0.5) is 4.79 Å². The topological polar surface area (TPSA) is 123 Å². The number of benzene rings is 2. The zero-order valence-corrected chi connectivity index (χ0v) is 19.7. The van der Waals surface area contributed by atoms with Gasteiger partial charge in [0.05, 0.1) is 19.2 Å². The number of hydrogen-bond acceptors (Lipinski definition) is 5. The number of carbonyl (C=O) groups excluding carboxylic acids is 2. The smallest absolute Gasteiger partial charge is 0.407 e. The molecule has 2 amide bonds. The third-order valence-corrected chi connectivity index (χ3v) is 6.25. The molecule has 35 heavy (non-hydrogen) atoms. The molecular weight excluding hydrogens is 448 g/mol. The van der Waals surface area contributed by atoms with E-state index in [1.165, 1.54) is 10.9 Å². The quantitative estimate of drug-likeness (QED) is 0.435. The molecule has 1 atom stereocenters. The maximum Gasteiger partial charge on any atom is 0.407 e. The number of carbonyl (C=O) groups is 3. The van der Waals surface area contributed by atoms with Crippen molar-refractivity contribution < 1.29 is 24.2 Å². The Bertz CT molecular complexity index is 1210. The van der Waals surface area contributed by atoms with Crippen LogP contribution in [-0.2, 0) is 23.1 Å². The van der Waals surface area contributed by atoms with E-state index >= 15 is 0 Å². The van der Waals surface area contributed by atoms with E-state index in [9.17, 15) is 14.4 Å². The largest absolute Gasteiger partial charge is 0.481 e. The second-order valence-electron chi connectivity index (χ2n) is 8.50. The van der Waals surface area contributed by atoms with Crippen molar-refractivity contribution in [2.24, 2.45) is 7.05 Å². The van der Waals surface area contributed by atoms with Crippen molar-refractivity contribution in [3.63, 3.8) is 0 Å². The summed E-state index contributed by atoms with van der Waals surface area (Å²) in [4.78, 5) is 36.3. The fourth-order valence-electron chi connectivity index (χ4n) is 4.48. The standard InChI is InChI=1S/C26H28N4O5/c1-3-17(12-23(31)32)29-25(33)24-16(14-28-30(24)2)13-27-26(34)35-15-22-20-10-6-4-8-18(20)19-9-5-7-11-21(19)22/h4-11,14,17,22H,3,12-13,15H2,1-2H3,(H,27,34)(H,29,33)(H,31,32)/t17-/m1/s1. The average Bonchev–Trinajstić information content (AvgIpc) is 3.38. The minimum Gasteiger partial charge on any atom is -0.481 e. The summed E-state index contributed by atoms with van der Waals surface area (Å²) in [6.45, 7) is 2.04. The molecule has 9 heteroatoms. The third kappa shape index (κ3) is 5.18. The Kier molecular flexibility index (Phi) is 7.14. The third-order valence-electron chi connectivity index (χ3n) is 6.25. The van der Waals surface area contributed by atoms with Crippen molar-refractivity contribution in [1.82, 2.24) is 20.4 Å². The second kappa shape index (κ2) is 10.4. The highest BCUT2D eigenvalue weighted by Crippen LogP contribution is 2.44. The molecule has 1 aliphatic carbocycles. The summed E-state index contributed by atoms with van der Waals surface area (Å²) in [7, 11) is 1.61. The number of nitrogens with one attached hydrogen (secondary N) is 2. The Balaban J connectivity index is 1.37. The number of carboxylic acids is 1. The molecule has 182 valence electrons. The zero-order valence-electron chi connectivity index (χ0n) is 19.7. The zero-order chi connectivity index (χ0) is 24.9. The first kappa shape index (κ1) is 24.0. The summed E-state index contributed by atoms with van der Waals surface area (Å²) in [6, 6.07) is 15.7. The minimum atomic E-state index is -0.987. The van der Waals surface area contributed by atoms with Gasteiger partial charge in [0.25, 0.3) is 5.91 Å². The predicted molar refractivity (Wildman–Crippen MR) is 129 cm³/mol. The summed E-state index contributed by atoms with van der Waals surface area (Å²) in [5.74, 6) is -1.48. The molecule has 1 aromatic heterocycles. The maximum absolute atomic E-state index is 12.8. The van der Waals surface area contributed by atoms with Crippen molar-refractivity contribution >= 4 is 18.0 Å². The highest BCUT2D eigenvalue weighted by Gasteiger charge is 2.29. The van der Waals surface area contributed by atoms with E-state index in [1.54, 1.807) is 14.0 Å². The summed E-state index contributed by atoms with van der Waals surface area (Å²) in [5.41, 5.74) is 5.31. The number of fused-ring (bicyclic) bond motifs is 3. The monoisotopic (exact) mass is 476 g/mol. The van der Waals surface area contributed by atoms with Crippen LogP contribution < -0.4 is 10.6 Å². The van der Waals surface area contributed by atoms with Crippen LogP contribution in [0.2, 0.25) is 0 Å². The van der Waals surface area contributed by atoms with Gasteiger partial charge in [-0.25, -0.2) is 4.79 Å². The SMILES string of the molecule is CC[C@H](CC(=O)O)NC(=O)c1c(CNC(=O)OCC2c3ccccc3-c3ccccc32)cnn1C. The summed E-state index contributed by atoms with van der Waals surface area (Å²) in [6.07, 6.45) is 1.20. The molecule has 0 aliphatic heterocycles. The molecular formula is C26H28N4O5. The lowest BCUT2D eigenvalue weighted by atomic mass is 9.98. The first-order valence-electron chi connectivity index (χ1n) is 11.5. The lowest BCUT2D eigenvalue weighted by Gasteiger charge is -2.16. The van der Waals surface area contributed by atoms with E-state index in [2.05, 4.69) is 40.0 Å². The number of alkyl carbamates (subject to hydrolysis) is 1. The number of aliphatic carboxylic acids is 1. The van der Waals surface area contributed by atoms with Crippen LogP contribution in [0.3, 0.4) is 0 Å². The first-order valence-corrected chi connectivity index (χ1v) is 11.5. The van der Waals surface area contributed by atoms with Crippen molar-refractivity contribution in [1.29, 1.82) is 0 Å². The van der Waals surface area contributed by atoms with Crippen LogP contribution >= 0.6 is 0 Å². The van der Waals surface area contributed by atoms with Crippen molar-refractivity contribution in [3.05, 3.63) is 77.1 Å². The molecule has 3 aromatic rings. The van der Waals surface area contributed by atoms with E-state index in [0.29, 0.717) is 12.0 Å². The molecule has 4 rings (SSSR count). The van der Waals surface area contributed by atoms with Gasteiger partial charge in [0.15, 0.2) is 0 Å². The van der Waals surface area contributed by atoms with Gasteiger partial charge < -0.3 is 20.5 Å². The summed E-state index contributed by atoms with van der Waals surface area (Å²) >= 11 is 0. The van der Waals surface area contributed by atoms with E-state index in [4.69, 9.17) is 9.84 Å².